The summed E-state index contributed by atoms with van der Waals surface area (Å²) in [4.78, 5) is -0.259. The summed E-state index contributed by atoms with van der Waals surface area (Å²) >= 11 is 3.17. The maximum Gasteiger partial charge on any atom is 0.246 e. The SMILES string of the molecule is CNC1CCN(S(=O)(=O)c2cc(Br)ccc2F)CC1.Cl. The molecule has 20 heavy (non-hydrogen) atoms. The van der Waals surface area contributed by atoms with Gasteiger partial charge in [-0.1, -0.05) is 15.9 Å². The number of nitrogens with zero attached hydrogens (tertiary/aromatic N) is 1. The fourth-order valence-electron chi connectivity index (χ4n) is 2.20. The van der Waals surface area contributed by atoms with Crippen molar-refractivity contribution in [3.05, 3.63) is 28.5 Å². The summed E-state index contributed by atoms with van der Waals surface area (Å²) in [5.74, 6) is -0.709. The minimum Gasteiger partial charge on any atom is -0.317 e. The molecule has 1 heterocycles. The van der Waals surface area contributed by atoms with E-state index in [4.69, 9.17) is 0 Å². The van der Waals surface area contributed by atoms with Crippen molar-refractivity contribution < 1.29 is 12.8 Å². The van der Waals surface area contributed by atoms with E-state index in [1.807, 2.05) is 7.05 Å². The van der Waals surface area contributed by atoms with Gasteiger partial charge in [-0.05, 0) is 38.1 Å². The van der Waals surface area contributed by atoms with Crippen LogP contribution in [0.25, 0.3) is 0 Å². The lowest BCUT2D eigenvalue weighted by atomic mass is 10.1. The predicted octanol–water partition coefficient (Wildman–Crippen LogP) is 2.38. The van der Waals surface area contributed by atoms with Gasteiger partial charge < -0.3 is 5.32 Å². The average Bonchev–Trinajstić information content (AvgIpc) is 2.41. The quantitative estimate of drug-likeness (QED) is 0.866. The van der Waals surface area contributed by atoms with Gasteiger partial charge >= 0.3 is 0 Å². The van der Waals surface area contributed by atoms with Crippen molar-refractivity contribution in [1.82, 2.24) is 9.62 Å². The first kappa shape index (κ1) is 17.8. The van der Waals surface area contributed by atoms with Crippen molar-refractivity contribution in [2.45, 2.75) is 23.8 Å². The Balaban J connectivity index is 0.00000200. The zero-order chi connectivity index (χ0) is 14.0. The Bertz CT molecular complexity index is 563. The maximum absolute atomic E-state index is 13.7. The van der Waals surface area contributed by atoms with E-state index >= 15 is 0 Å². The van der Waals surface area contributed by atoms with E-state index in [9.17, 15) is 12.8 Å². The first-order valence-corrected chi connectivity index (χ1v) is 8.31. The van der Waals surface area contributed by atoms with Crippen LogP contribution in [0.15, 0.2) is 27.6 Å². The van der Waals surface area contributed by atoms with Gasteiger partial charge in [0.05, 0.1) is 0 Å². The van der Waals surface area contributed by atoms with Crippen LogP contribution in [0.3, 0.4) is 0 Å². The molecule has 0 bridgehead atoms. The molecule has 1 aliphatic rings. The van der Waals surface area contributed by atoms with Crippen LogP contribution in [0.2, 0.25) is 0 Å². The number of piperidine rings is 1. The van der Waals surface area contributed by atoms with E-state index in [-0.39, 0.29) is 17.3 Å². The minimum atomic E-state index is -3.75. The van der Waals surface area contributed by atoms with Gasteiger partial charge in [-0.15, -0.1) is 12.4 Å². The van der Waals surface area contributed by atoms with Crippen LogP contribution < -0.4 is 5.32 Å². The van der Waals surface area contributed by atoms with E-state index < -0.39 is 15.8 Å². The van der Waals surface area contributed by atoms with Crippen LogP contribution in [0.4, 0.5) is 4.39 Å². The second-order valence-corrected chi connectivity index (χ2v) is 7.36. The number of nitrogens with one attached hydrogen (secondary N) is 1. The Labute approximate surface area is 133 Å². The maximum atomic E-state index is 13.7. The van der Waals surface area contributed by atoms with Crippen LogP contribution >= 0.6 is 28.3 Å². The lowest BCUT2D eigenvalue weighted by molar-refractivity contribution is 0.297. The zero-order valence-corrected chi connectivity index (χ0v) is 14.2. The van der Waals surface area contributed by atoms with Gasteiger partial charge in [0.25, 0.3) is 0 Å². The van der Waals surface area contributed by atoms with Crippen LogP contribution in [0.5, 0.6) is 0 Å². The Hall–Kier alpha value is -0.210. The smallest absolute Gasteiger partial charge is 0.246 e. The van der Waals surface area contributed by atoms with Crippen molar-refractivity contribution in [1.29, 1.82) is 0 Å². The molecular weight excluding hydrogens is 371 g/mol. The summed E-state index contributed by atoms with van der Waals surface area (Å²) in [6, 6.07) is 4.30. The molecule has 4 nitrogen and oxygen atoms in total. The molecule has 1 fully saturated rings. The van der Waals surface area contributed by atoms with Crippen molar-refractivity contribution in [3.8, 4) is 0 Å². The lowest BCUT2D eigenvalue weighted by Crippen LogP contribution is -2.44. The Kier molecular flexibility index (Phi) is 6.40. The average molecular weight is 388 g/mol. The van der Waals surface area contributed by atoms with Crippen LogP contribution in [-0.2, 0) is 10.0 Å². The Morgan fingerprint density at radius 3 is 2.50 bits per heavy atom. The molecule has 0 atom stereocenters. The topological polar surface area (TPSA) is 49.4 Å². The minimum absolute atomic E-state index is 0. The number of sulfonamides is 1. The van der Waals surface area contributed by atoms with Gasteiger partial charge in [0.15, 0.2) is 0 Å². The van der Waals surface area contributed by atoms with Crippen molar-refractivity contribution in [3.63, 3.8) is 0 Å². The highest BCUT2D eigenvalue weighted by Crippen LogP contribution is 2.25. The molecule has 0 spiro atoms. The fourth-order valence-corrected chi connectivity index (χ4v) is 4.27. The normalized spacial score (nSPS) is 17.8. The standard InChI is InChI=1S/C12H16BrFN2O2S.ClH/c1-15-10-4-6-16(7-5-10)19(17,18)12-8-9(13)2-3-11(12)14;/h2-3,8,10,15H,4-7H2,1H3;1H. The molecule has 0 aliphatic carbocycles. The van der Waals surface area contributed by atoms with Crippen LogP contribution in [0, 0.1) is 5.82 Å². The van der Waals surface area contributed by atoms with Crippen molar-refractivity contribution >= 4 is 38.4 Å². The zero-order valence-electron chi connectivity index (χ0n) is 11.0. The molecule has 1 aliphatic heterocycles. The Morgan fingerprint density at radius 2 is 1.95 bits per heavy atom. The highest BCUT2D eigenvalue weighted by Gasteiger charge is 2.30. The number of rotatable bonds is 3. The van der Waals surface area contributed by atoms with E-state index in [2.05, 4.69) is 21.2 Å². The number of benzene rings is 1. The monoisotopic (exact) mass is 386 g/mol. The van der Waals surface area contributed by atoms with E-state index in [1.54, 1.807) is 0 Å². The van der Waals surface area contributed by atoms with Gasteiger partial charge in [-0.3, -0.25) is 0 Å². The predicted molar refractivity (Wildman–Crippen MR) is 82.2 cm³/mol. The summed E-state index contributed by atoms with van der Waals surface area (Å²) < 4.78 is 40.4. The number of hydrogen-bond acceptors (Lipinski definition) is 3. The highest BCUT2D eigenvalue weighted by molar-refractivity contribution is 9.10. The summed E-state index contributed by atoms with van der Waals surface area (Å²) in [5, 5.41) is 3.13. The van der Waals surface area contributed by atoms with E-state index in [0.717, 1.165) is 18.9 Å². The van der Waals surface area contributed by atoms with Crippen molar-refractivity contribution in [2.24, 2.45) is 0 Å². The molecular formula is C12H17BrClFN2O2S. The molecule has 114 valence electrons. The van der Waals surface area contributed by atoms with Gasteiger partial charge in [-0.2, -0.15) is 4.31 Å². The van der Waals surface area contributed by atoms with Gasteiger partial charge in [0, 0.05) is 23.6 Å². The second-order valence-electron chi connectivity index (χ2n) is 4.54. The van der Waals surface area contributed by atoms with Gasteiger partial charge in [0.2, 0.25) is 10.0 Å². The largest absolute Gasteiger partial charge is 0.317 e. The molecule has 0 radical (unpaired) electrons. The summed E-state index contributed by atoms with van der Waals surface area (Å²) in [6.45, 7) is 0.833. The lowest BCUT2D eigenvalue weighted by Gasteiger charge is -2.31. The molecule has 1 saturated heterocycles. The molecule has 0 saturated carbocycles. The molecule has 1 aromatic rings. The molecule has 2 rings (SSSR count). The van der Waals surface area contributed by atoms with E-state index in [1.165, 1.54) is 16.4 Å². The summed E-state index contributed by atoms with van der Waals surface area (Å²) in [6.07, 6.45) is 1.48. The first-order valence-electron chi connectivity index (χ1n) is 6.07. The third-order valence-electron chi connectivity index (χ3n) is 3.37. The van der Waals surface area contributed by atoms with Crippen LogP contribution in [0.1, 0.15) is 12.8 Å². The highest BCUT2D eigenvalue weighted by atomic mass is 79.9. The molecule has 0 unspecified atom stereocenters. The molecule has 0 aromatic heterocycles. The molecule has 1 aromatic carbocycles. The number of halogens is 3. The van der Waals surface area contributed by atoms with Crippen molar-refractivity contribution in [2.75, 3.05) is 20.1 Å². The summed E-state index contributed by atoms with van der Waals surface area (Å²) in [7, 11) is -1.88. The fraction of sp³-hybridized carbons (Fsp3) is 0.500. The third-order valence-corrected chi connectivity index (χ3v) is 5.78. The van der Waals surface area contributed by atoms with Crippen LogP contribution in [-0.4, -0.2) is 38.9 Å². The summed E-state index contributed by atoms with van der Waals surface area (Å²) in [5.41, 5.74) is 0. The van der Waals surface area contributed by atoms with Gasteiger partial charge in [-0.25, -0.2) is 12.8 Å². The van der Waals surface area contributed by atoms with E-state index in [0.29, 0.717) is 23.6 Å². The molecule has 8 heteroatoms. The van der Waals surface area contributed by atoms with Gasteiger partial charge in [0.1, 0.15) is 10.7 Å². The Morgan fingerprint density at radius 1 is 1.35 bits per heavy atom. The molecule has 0 amide bonds. The second kappa shape index (κ2) is 7.17. The number of hydrogen-bond donors (Lipinski definition) is 1. The first-order chi connectivity index (χ1) is 8.95. The molecule has 1 N–H and O–H groups in total. The third kappa shape index (κ3) is 3.71.